The summed E-state index contributed by atoms with van der Waals surface area (Å²) in [4.78, 5) is 12.0. The van der Waals surface area contributed by atoms with Crippen molar-refractivity contribution in [3.8, 4) is 11.1 Å². The molecule has 0 aliphatic heterocycles. The van der Waals surface area contributed by atoms with Crippen molar-refractivity contribution in [1.82, 2.24) is 5.32 Å². The number of halogens is 4. The first-order valence-electron chi connectivity index (χ1n) is 6.27. The molecule has 0 saturated heterocycles. The molecule has 7 heteroatoms. The molecule has 0 radical (unpaired) electrons. The first-order chi connectivity index (χ1) is 10.3. The van der Waals surface area contributed by atoms with E-state index in [-0.39, 0.29) is 11.3 Å². The van der Waals surface area contributed by atoms with Crippen molar-refractivity contribution in [2.45, 2.75) is 6.18 Å². The maximum absolute atomic E-state index is 13.0. The van der Waals surface area contributed by atoms with Gasteiger partial charge in [-0.3, -0.25) is 4.79 Å². The molecule has 3 nitrogen and oxygen atoms in total. The van der Waals surface area contributed by atoms with Gasteiger partial charge in [0.05, 0.1) is 0 Å². The molecule has 0 aromatic heterocycles. The normalized spacial score (nSPS) is 11.3. The minimum atomic E-state index is -4.51. The Hall–Kier alpha value is -2.57. The van der Waals surface area contributed by atoms with Crippen molar-refractivity contribution in [3.05, 3.63) is 53.8 Å². The summed E-state index contributed by atoms with van der Waals surface area (Å²) in [5, 5.41) is 1.79. The predicted octanol–water partition coefficient (Wildman–Crippen LogP) is 3.37. The number of carbonyl (C=O) groups excluding carboxylic acids is 1. The van der Waals surface area contributed by atoms with E-state index >= 15 is 0 Å². The molecule has 2 aromatic rings. The van der Waals surface area contributed by atoms with Crippen molar-refractivity contribution in [2.24, 2.45) is 0 Å². The lowest BCUT2D eigenvalue weighted by Gasteiger charge is -2.12. The Morgan fingerprint density at radius 1 is 1.09 bits per heavy atom. The zero-order valence-corrected chi connectivity index (χ0v) is 11.2. The van der Waals surface area contributed by atoms with Crippen LogP contribution in [0.15, 0.2) is 42.5 Å². The average Bonchev–Trinajstić information content (AvgIpc) is 2.45. The van der Waals surface area contributed by atoms with Crippen molar-refractivity contribution < 1.29 is 22.4 Å². The summed E-state index contributed by atoms with van der Waals surface area (Å²) in [7, 11) is 0. The molecule has 0 aliphatic rings. The van der Waals surface area contributed by atoms with Gasteiger partial charge in [0.25, 0.3) is 5.91 Å². The number of nitrogens with two attached hydrogens (primary N) is 1. The van der Waals surface area contributed by atoms with Gasteiger partial charge in [0.1, 0.15) is 12.4 Å². The Labute approximate surface area is 123 Å². The summed E-state index contributed by atoms with van der Waals surface area (Å²) >= 11 is 0. The monoisotopic (exact) mass is 312 g/mol. The Balaban J connectivity index is 2.36. The van der Waals surface area contributed by atoms with Gasteiger partial charge in [0.2, 0.25) is 0 Å². The summed E-state index contributed by atoms with van der Waals surface area (Å²) in [6.07, 6.45) is -4.51. The smallest absolute Gasteiger partial charge is 0.399 e. The standard InChI is InChI=1S/C15H12F4N2O/c16-10-3-1-9(2-4-10)12-6-5-11(20)7-13(12)14(22)21-8-15(17,18)19/h1-7H,8,20H2,(H,21,22). The summed E-state index contributed by atoms with van der Waals surface area (Å²) in [5.74, 6) is -1.36. The average molecular weight is 312 g/mol. The number of alkyl halides is 3. The fourth-order valence-electron chi connectivity index (χ4n) is 1.91. The topological polar surface area (TPSA) is 55.1 Å². The van der Waals surface area contributed by atoms with Gasteiger partial charge < -0.3 is 11.1 Å². The van der Waals surface area contributed by atoms with Gasteiger partial charge in [-0.05, 0) is 35.4 Å². The Bertz CT molecular complexity index is 681. The number of hydrogen-bond acceptors (Lipinski definition) is 2. The molecule has 0 fully saturated rings. The molecule has 0 aliphatic carbocycles. The number of rotatable bonds is 3. The van der Waals surface area contributed by atoms with Crippen LogP contribution in [0.1, 0.15) is 10.4 Å². The lowest BCUT2D eigenvalue weighted by Crippen LogP contribution is -2.34. The molecule has 22 heavy (non-hydrogen) atoms. The van der Waals surface area contributed by atoms with Crippen LogP contribution in [0.5, 0.6) is 0 Å². The van der Waals surface area contributed by atoms with E-state index in [4.69, 9.17) is 5.73 Å². The predicted molar refractivity (Wildman–Crippen MR) is 74.6 cm³/mol. The molecule has 3 N–H and O–H groups in total. The van der Waals surface area contributed by atoms with Crippen LogP contribution in [0, 0.1) is 5.82 Å². The summed E-state index contributed by atoms with van der Waals surface area (Å²) < 4.78 is 49.5. The number of amides is 1. The van der Waals surface area contributed by atoms with Gasteiger partial charge in [0.15, 0.2) is 0 Å². The first kappa shape index (κ1) is 15.8. The van der Waals surface area contributed by atoms with Crippen LogP contribution in [0.25, 0.3) is 11.1 Å². The number of nitrogens with one attached hydrogen (secondary N) is 1. The molecule has 2 aromatic carbocycles. The second kappa shape index (κ2) is 6.05. The van der Waals surface area contributed by atoms with Crippen molar-refractivity contribution in [2.75, 3.05) is 12.3 Å². The van der Waals surface area contributed by atoms with E-state index in [9.17, 15) is 22.4 Å². The fourth-order valence-corrected chi connectivity index (χ4v) is 1.91. The van der Waals surface area contributed by atoms with E-state index in [1.54, 1.807) is 5.32 Å². The number of anilines is 1. The van der Waals surface area contributed by atoms with Crippen LogP contribution in [-0.4, -0.2) is 18.6 Å². The van der Waals surface area contributed by atoms with E-state index < -0.39 is 24.4 Å². The van der Waals surface area contributed by atoms with Gasteiger partial charge in [-0.25, -0.2) is 4.39 Å². The Morgan fingerprint density at radius 2 is 1.73 bits per heavy atom. The second-order valence-electron chi connectivity index (χ2n) is 4.61. The lowest BCUT2D eigenvalue weighted by molar-refractivity contribution is -0.123. The largest absolute Gasteiger partial charge is 0.405 e. The maximum atomic E-state index is 13.0. The van der Waals surface area contributed by atoms with Crippen LogP contribution < -0.4 is 11.1 Å². The van der Waals surface area contributed by atoms with Gasteiger partial charge in [-0.15, -0.1) is 0 Å². The number of carbonyl (C=O) groups is 1. The quantitative estimate of drug-likeness (QED) is 0.674. The summed E-state index contributed by atoms with van der Waals surface area (Å²) in [5.41, 5.74) is 6.69. The van der Waals surface area contributed by atoms with Crippen LogP contribution in [0.2, 0.25) is 0 Å². The van der Waals surface area contributed by atoms with Gasteiger partial charge in [-0.1, -0.05) is 18.2 Å². The SMILES string of the molecule is Nc1ccc(-c2ccc(F)cc2)c(C(=O)NCC(F)(F)F)c1. The van der Waals surface area contributed by atoms with Crippen LogP contribution in [0.3, 0.4) is 0 Å². The molecule has 116 valence electrons. The Kier molecular flexibility index (Phi) is 4.35. The third-order valence-electron chi connectivity index (χ3n) is 2.89. The first-order valence-corrected chi connectivity index (χ1v) is 6.27. The Morgan fingerprint density at radius 3 is 2.32 bits per heavy atom. The van der Waals surface area contributed by atoms with Crippen LogP contribution in [-0.2, 0) is 0 Å². The third-order valence-corrected chi connectivity index (χ3v) is 2.89. The highest BCUT2D eigenvalue weighted by molar-refractivity contribution is 6.01. The molecule has 1 amide bonds. The maximum Gasteiger partial charge on any atom is 0.405 e. The van der Waals surface area contributed by atoms with Crippen LogP contribution >= 0.6 is 0 Å². The minimum absolute atomic E-state index is 0.00384. The van der Waals surface area contributed by atoms with E-state index in [1.807, 2.05) is 0 Å². The lowest BCUT2D eigenvalue weighted by atomic mass is 9.98. The molecular formula is C15H12F4N2O. The molecule has 0 bridgehead atoms. The highest BCUT2D eigenvalue weighted by Gasteiger charge is 2.28. The number of hydrogen-bond donors (Lipinski definition) is 2. The molecule has 0 atom stereocenters. The summed E-state index contributed by atoms with van der Waals surface area (Å²) in [6.45, 7) is -1.44. The minimum Gasteiger partial charge on any atom is -0.399 e. The molecule has 0 unspecified atom stereocenters. The van der Waals surface area contributed by atoms with E-state index in [0.717, 1.165) is 0 Å². The molecule has 2 rings (SSSR count). The van der Waals surface area contributed by atoms with Crippen LogP contribution in [0.4, 0.5) is 23.2 Å². The number of nitrogen functional groups attached to an aromatic ring is 1. The van der Waals surface area contributed by atoms with E-state index in [2.05, 4.69) is 0 Å². The van der Waals surface area contributed by atoms with Gasteiger partial charge in [0, 0.05) is 11.3 Å². The van der Waals surface area contributed by atoms with Crippen molar-refractivity contribution >= 4 is 11.6 Å². The molecule has 0 saturated carbocycles. The summed E-state index contributed by atoms with van der Waals surface area (Å²) in [6, 6.07) is 9.56. The zero-order valence-electron chi connectivity index (χ0n) is 11.2. The van der Waals surface area contributed by atoms with E-state index in [0.29, 0.717) is 11.1 Å². The van der Waals surface area contributed by atoms with E-state index in [1.165, 1.54) is 42.5 Å². The number of benzene rings is 2. The van der Waals surface area contributed by atoms with Gasteiger partial charge in [-0.2, -0.15) is 13.2 Å². The van der Waals surface area contributed by atoms with Crippen molar-refractivity contribution in [3.63, 3.8) is 0 Å². The fraction of sp³-hybridized carbons (Fsp3) is 0.133. The van der Waals surface area contributed by atoms with Gasteiger partial charge >= 0.3 is 6.18 Å². The second-order valence-corrected chi connectivity index (χ2v) is 4.61. The molecule has 0 spiro atoms. The highest BCUT2D eigenvalue weighted by Crippen LogP contribution is 2.26. The van der Waals surface area contributed by atoms with Crippen molar-refractivity contribution in [1.29, 1.82) is 0 Å². The molecular weight excluding hydrogens is 300 g/mol. The zero-order chi connectivity index (χ0) is 16.3. The highest BCUT2D eigenvalue weighted by atomic mass is 19.4. The third kappa shape index (κ3) is 3.97. The molecule has 0 heterocycles.